The average molecular weight is 334 g/mol. The predicted molar refractivity (Wildman–Crippen MR) is 80.6 cm³/mol. The topological polar surface area (TPSA) is 42.4 Å². The van der Waals surface area contributed by atoms with Crippen molar-refractivity contribution in [2.45, 2.75) is 32.0 Å². The van der Waals surface area contributed by atoms with Gasteiger partial charge in [-0.1, -0.05) is 6.07 Å². The Hall–Kier alpha value is -1.39. The standard InChI is InChI=1S/C16H16BrNO2/c17-12-5-6-13(18-9-12)10-20-14-7-4-11-2-1-3-16(19)15(11)8-14/h4-9,16,19H,1-3,10H2. The van der Waals surface area contributed by atoms with Crippen LogP contribution in [0.15, 0.2) is 41.0 Å². The lowest BCUT2D eigenvalue weighted by molar-refractivity contribution is 0.156. The Labute approximate surface area is 126 Å². The number of ether oxygens (including phenoxy) is 1. The summed E-state index contributed by atoms with van der Waals surface area (Å²) in [5.74, 6) is 0.786. The molecule has 2 aromatic rings. The van der Waals surface area contributed by atoms with E-state index in [-0.39, 0.29) is 6.10 Å². The summed E-state index contributed by atoms with van der Waals surface area (Å²) < 4.78 is 6.71. The zero-order valence-electron chi connectivity index (χ0n) is 11.1. The summed E-state index contributed by atoms with van der Waals surface area (Å²) in [5.41, 5.74) is 3.13. The number of halogens is 1. The van der Waals surface area contributed by atoms with Gasteiger partial charge in [0, 0.05) is 10.7 Å². The molecular weight excluding hydrogens is 318 g/mol. The number of hydrogen-bond donors (Lipinski definition) is 1. The summed E-state index contributed by atoms with van der Waals surface area (Å²) in [4.78, 5) is 4.27. The average Bonchev–Trinajstić information content (AvgIpc) is 2.47. The second-order valence-electron chi connectivity index (χ2n) is 5.03. The zero-order chi connectivity index (χ0) is 13.9. The molecule has 0 aliphatic heterocycles. The minimum atomic E-state index is -0.354. The third kappa shape index (κ3) is 3.02. The molecule has 1 unspecified atom stereocenters. The molecule has 1 atom stereocenters. The number of rotatable bonds is 3. The first-order valence-electron chi connectivity index (χ1n) is 6.76. The molecule has 0 fully saturated rings. The molecule has 0 radical (unpaired) electrons. The number of aryl methyl sites for hydroxylation is 1. The normalized spacial score (nSPS) is 17.6. The third-order valence-electron chi connectivity index (χ3n) is 3.58. The number of benzene rings is 1. The van der Waals surface area contributed by atoms with E-state index in [0.717, 1.165) is 40.7 Å². The predicted octanol–water partition coefficient (Wildman–Crippen LogP) is 3.79. The number of nitrogens with zero attached hydrogens (tertiary/aromatic N) is 1. The Morgan fingerprint density at radius 1 is 1.30 bits per heavy atom. The number of fused-ring (bicyclic) bond motifs is 1. The van der Waals surface area contributed by atoms with E-state index >= 15 is 0 Å². The Bertz CT molecular complexity index is 598. The smallest absolute Gasteiger partial charge is 0.130 e. The van der Waals surface area contributed by atoms with E-state index in [1.54, 1.807) is 6.20 Å². The molecule has 3 nitrogen and oxygen atoms in total. The Morgan fingerprint density at radius 2 is 2.20 bits per heavy atom. The summed E-state index contributed by atoms with van der Waals surface area (Å²) in [6, 6.07) is 9.86. The number of aliphatic hydroxyl groups excluding tert-OH is 1. The maximum atomic E-state index is 10.0. The fraction of sp³-hybridized carbons (Fsp3) is 0.312. The van der Waals surface area contributed by atoms with Crippen LogP contribution in [0.4, 0.5) is 0 Å². The van der Waals surface area contributed by atoms with Crippen LogP contribution >= 0.6 is 15.9 Å². The molecule has 1 N–H and O–H groups in total. The van der Waals surface area contributed by atoms with Crippen molar-refractivity contribution in [1.82, 2.24) is 4.98 Å². The van der Waals surface area contributed by atoms with Gasteiger partial charge >= 0.3 is 0 Å². The minimum absolute atomic E-state index is 0.354. The quantitative estimate of drug-likeness (QED) is 0.929. The van der Waals surface area contributed by atoms with Gasteiger partial charge in [-0.2, -0.15) is 0 Å². The molecule has 0 bridgehead atoms. The van der Waals surface area contributed by atoms with Gasteiger partial charge in [0.1, 0.15) is 12.4 Å². The van der Waals surface area contributed by atoms with Gasteiger partial charge in [0.2, 0.25) is 0 Å². The SMILES string of the molecule is OC1CCCc2ccc(OCc3ccc(Br)cn3)cc21. The first-order chi connectivity index (χ1) is 9.72. The van der Waals surface area contributed by atoms with E-state index in [2.05, 4.69) is 27.0 Å². The van der Waals surface area contributed by atoms with Crippen LogP contribution in [-0.4, -0.2) is 10.1 Å². The van der Waals surface area contributed by atoms with Crippen molar-refractivity contribution in [3.05, 3.63) is 57.8 Å². The lowest BCUT2D eigenvalue weighted by Gasteiger charge is -2.21. The fourth-order valence-electron chi connectivity index (χ4n) is 2.49. The van der Waals surface area contributed by atoms with E-state index in [1.165, 1.54) is 5.56 Å². The van der Waals surface area contributed by atoms with E-state index in [9.17, 15) is 5.11 Å². The Balaban J connectivity index is 1.72. The van der Waals surface area contributed by atoms with Gasteiger partial charge in [0.25, 0.3) is 0 Å². The zero-order valence-corrected chi connectivity index (χ0v) is 12.6. The van der Waals surface area contributed by atoms with Crippen LogP contribution in [-0.2, 0) is 13.0 Å². The highest BCUT2D eigenvalue weighted by atomic mass is 79.9. The maximum Gasteiger partial charge on any atom is 0.130 e. The van der Waals surface area contributed by atoms with Crippen LogP contribution in [0, 0.1) is 0 Å². The van der Waals surface area contributed by atoms with E-state index in [1.807, 2.05) is 24.3 Å². The van der Waals surface area contributed by atoms with Gasteiger partial charge in [-0.25, -0.2) is 0 Å². The van der Waals surface area contributed by atoms with Gasteiger partial charge in [0.05, 0.1) is 11.8 Å². The molecule has 1 aromatic heterocycles. The number of pyridine rings is 1. The van der Waals surface area contributed by atoms with Crippen LogP contribution < -0.4 is 4.74 Å². The second-order valence-corrected chi connectivity index (χ2v) is 5.94. The van der Waals surface area contributed by atoms with Crippen molar-refractivity contribution in [2.24, 2.45) is 0 Å². The molecule has 1 aliphatic rings. The van der Waals surface area contributed by atoms with Gasteiger partial charge in [-0.3, -0.25) is 4.98 Å². The lowest BCUT2D eigenvalue weighted by Crippen LogP contribution is -2.09. The Kier molecular flexibility index (Phi) is 4.03. The molecule has 104 valence electrons. The number of aliphatic hydroxyl groups is 1. The van der Waals surface area contributed by atoms with E-state index in [4.69, 9.17) is 4.74 Å². The van der Waals surface area contributed by atoms with Crippen molar-refractivity contribution >= 4 is 15.9 Å². The second kappa shape index (κ2) is 5.94. The minimum Gasteiger partial charge on any atom is -0.487 e. The number of aromatic nitrogens is 1. The van der Waals surface area contributed by atoms with Gasteiger partial charge in [-0.05, 0) is 70.6 Å². The summed E-state index contributed by atoms with van der Waals surface area (Å²) in [6.07, 6.45) is 4.34. The van der Waals surface area contributed by atoms with Gasteiger partial charge in [0.15, 0.2) is 0 Å². The molecule has 3 rings (SSSR count). The van der Waals surface area contributed by atoms with Crippen molar-refractivity contribution in [3.63, 3.8) is 0 Å². The lowest BCUT2D eigenvalue weighted by atomic mass is 9.89. The van der Waals surface area contributed by atoms with E-state index < -0.39 is 0 Å². The molecule has 1 aromatic carbocycles. The third-order valence-corrected chi connectivity index (χ3v) is 4.04. The summed E-state index contributed by atoms with van der Waals surface area (Å²) in [6.45, 7) is 0.433. The molecule has 0 spiro atoms. The number of hydrogen-bond acceptors (Lipinski definition) is 3. The van der Waals surface area contributed by atoms with Crippen LogP contribution in [0.5, 0.6) is 5.75 Å². The van der Waals surface area contributed by atoms with Crippen molar-refractivity contribution in [3.8, 4) is 5.75 Å². The summed E-state index contributed by atoms with van der Waals surface area (Å²) >= 11 is 3.36. The van der Waals surface area contributed by atoms with Crippen LogP contribution in [0.2, 0.25) is 0 Å². The highest BCUT2D eigenvalue weighted by molar-refractivity contribution is 9.10. The molecule has 20 heavy (non-hydrogen) atoms. The maximum absolute atomic E-state index is 10.0. The molecule has 1 heterocycles. The molecule has 0 amide bonds. The van der Waals surface area contributed by atoms with Crippen molar-refractivity contribution in [1.29, 1.82) is 0 Å². The highest BCUT2D eigenvalue weighted by Gasteiger charge is 2.18. The Morgan fingerprint density at radius 3 is 3.00 bits per heavy atom. The van der Waals surface area contributed by atoms with E-state index in [0.29, 0.717) is 6.61 Å². The first kappa shape index (κ1) is 13.6. The van der Waals surface area contributed by atoms with Crippen LogP contribution in [0.25, 0.3) is 0 Å². The van der Waals surface area contributed by atoms with Gasteiger partial charge in [-0.15, -0.1) is 0 Å². The molecule has 1 aliphatic carbocycles. The van der Waals surface area contributed by atoms with Crippen molar-refractivity contribution in [2.75, 3.05) is 0 Å². The molecular formula is C16H16BrNO2. The van der Waals surface area contributed by atoms with Gasteiger partial charge < -0.3 is 9.84 Å². The van der Waals surface area contributed by atoms with Crippen molar-refractivity contribution < 1.29 is 9.84 Å². The molecule has 4 heteroatoms. The summed E-state index contributed by atoms with van der Waals surface area (Å²) in [5, 5.41) is 10.0. The monoisotopic (exact) mass is 333 g/mol. The largest absolute Gasteiger partial charge is 0.487 e. The summed E-state index contributed by atoms with van der Waals surface area (Å²) in [7, 11) is 0. The first-order valence-corrected chi connectivity index (χ1v) is 7.56. The fourth-order valence-corrected chi connectivity index (χ4v) is 2.73. The van der Waals surface area contributed by atoms with Crippen LogP contribution in [0.3, 0.4) is 0 Å². The molecule has 0 saturated heterocycles. The highest BCUT2D eigenvalue weighted by Crippen LogP contribution is 2.32. The van der Waals surface area contributed by atoms with Crippen LogP contribution in [0.1, 0.15) is 35.8 Å². The molecule has 0 saturated carbocycles.